The van der Waals surface area contributed by atoms with Crippen LogP contribution in [0.2, 0.25) is 0 Å². The zero-order chi connectivity index (χ0) is 24.3. The van der Waals surface area contributed by atoms with Gasteiger partial charge < -0.3 is 19.5 Å². The minimum atomic E-state index is 0.140. The normalized spacial score (nSPS) is 15.4. The third-order valence-electron chi connectivity index (χ3n) is 6.10. The van der Waals surface area contributed by atoms with Gasteiger partial charge in [-0.1, -0.05) is 15.9 Å². The van der Waals surface area contributed by atoms with Gasteiger partial charge in [-0.25, -0.2) is 9.97 Å². The number of benzene rings is 2. The molecule has 1 saturated heterocycles. The fraction of sp³-hybridized carbons (Fsp3) is 0.462. The van der Waals surface area contributed by atoms with Crippen LogP contribution in [-0.2, 0) is 0 Å². The topological polar surface area (TPSA) is 68.7 Å². The second kappa shape index (κ2) is 10.4. The number of nitrogens with zero attached hydrogens (tertiary/aromatic N) is 3. The molecule has 2 heterocycles. The van der Waals surface area contributed by atoms with Crippen molar-refractivity contribution >= 4 is 38.3 Å². The Morgan fingerprint density at radius 2 is 1.82 bits per heavy atom. The van der Waals surface area contributed by atoms with Crippen LogP contribution in [-0.4, -0.2) is 53.3 Å². The van der Waals surface area contributed by atoms with E-state index in [4.69, 9.17) is 14.2 Å². The van der Waals surface area contributed by atoms with Crippen LogP contribution in [0.4, 0.5) is 11.5 Å². The molecule has 2 aromatic carbocycles. The zero-order valence-electron chi connectivity index (χ0n) is 20.5. The summed E-state index contributed by atoms with van der Waals surface area (Å²) in [4.78, 5) is 11.5. The molecule has 3 aromatic rings. The van der Waals surface area contributed by atoms with Crippen LogP contribution in [0, 0.1) is 0 Å². The average Bonchev–Trinajstić information content (AvgIpc) is 2.80. The summed E-state index contributed by atoms with van der Waals surface area (Å²) >= 11 is 3.53. The molecule has 34 heavy (non-hydrogen) atoms. The van der Waals surface area contributed by atoms with E-state index in [1.165, 1.54) is 0 Å². The van der Waals surface area contributed by atoms with E-state index in [1.807, 2.05) is 37.3 Å². The number of nitrogens with one attached hydrogen (secondary N) is 1. The molecule has 182 valence electrons. The van der Waals surface area contributed by atoms with Crippen LogP contribution < -0.4 is 19.5 Å². The van der Waals surface area contributed by atoms with Crippen LogP contribution in [0.5, 0.6) is 17.2 Å². The van der Waals surface area contributed by atoms with Crippen molar-refractivity contribution < 1.29 is 14.2 Å². The summed E-state index contributed by atoms with van der Waals surface area (Å²) in [7, 11) is 1.65. The van der Waals surface area contributed by atoms with Crippen molar-refractivity contribution in [3.63, 3.8) is 0 Å². The van der Waals surface area contributed by atoms with E-state index in [-0.39, 0.29) is 11.6 Å². The SMILES string of the molecule is CCOc1cc2ncnc(Nc3cc(Br)ccc3OC)c2cc1OC1CCN(C(C)(C)C)CC1. The van der Waals surface area contributed by atoms with Gasteiger partial charge in [0.05, 0.1) is 24.9 Å². The fourth-order valence-electron chi connectivity index (χ4n) is 4.25. The summed E-state index contributed by atoms with van der Waals surface area (Å²) in [6, 6.07) is 9.73. The summed E-state index contributed by atoms with van der Waals surface area (Å²) < 4.78 is 18.9. The fourth-order valence-corrected chi connectivity index (χ4v) is 4.61. The van der Waals surface area contributed by atoms with Gasteiger partial charge in [0, 0.05) is 34.6 Å². The molecule has 0 atom stereocenters. The summed E-state index contributed by atoms with van der Waals surface area (Å²) in [6.07, 6.45) is 3.65. The Morgan fingerprint density at radius 3 is 2.50 bits per heavy atom. The first kappa shape index (κ1) is 24.5. The number of hydrogen-bond donors (Lipinski definition) is 1. The maximum absolute atomic E-state index is 6.51. The van der Waals surface area contributed by atoms with Crippen molar-refractivity contribution in [1.82, 2.24) is 14.9 Å². The monoisotopic (exact) mass is 528 g/mol. The number of fused-ring (bicyclic) bond motifs is 1. The van der Waals surface area contributed by atoms with Crippen molar-refractivity contribution in [3.05, 3.63) is 41.1 Å². The zero-order valence-corrected chi connectivity index (χ0v) is 22.1. The van der Waals surface area contributed by atoms with E-state index in [1.54, 1.807) is 13.4 Å². The molecule has 0 amide bonds. The van der Waals surface area contributed by atoms with Crippen molar-refractivity contribution in [1.29, 1.82) is 0 Å². The maximum atomic E-state index is 6.51. The number of hydrogen-bond acceptors (Lipinski definition) is 7. The molecule has 4 rings (SSSR count). The first-order valence-corrected chi connectivity index (χ1v) is 12.5. The molecule has 0 spiro atoms. The van der Waals surface area contributed by atoms with E-state index in [0.29, 0.717) is 18.2 Å². The molecule has 0 aliphatic carbocycles. The summed E-state index contributed by atoms with van der Waals surface area (Å²) in [6.45, 7) is 11.4. The van der Waals surface area contributed by atoms with Gasteiger partial charge in [-0.05, 0) is 64.8 Å². The summed E-state index contributed by atoms with van der Waals surface area (Å²) in [5, 5.41) is 4.26. The highest BCUT2D eigenvalue weighted by atomic mass is 79.9. The van der Waals surface area contributed by atoms with Gasteiger partial charge in [0.1, 0.15) is 24.0 Å². The Morgan fingerprint density at radius 1 is 1.06 bits per heavy atom. The minimum Gasteiger partial charge on any atom is -0.495 e. The van der Waals surface area contributed by atoms with Gasteiger partial charge in [-0.3, -0.25) is 4.90 Å². The van der Waals surface area contributed by atoms with Gasteiger partial charge in [0.15, 0.2) is 11.5 Å². The summed E-state index contributed by atoms with van der Waals surface area (Å²) in [5.74, 6) is 2.83. The lowest BCUT2D eigenvalue weighted by Gasteiger charge is -2.40. The van der Waals surface area contributed by atoms with Gasteiger partial charge >= 0.3 is 0 Å². The summed E-state index contributed by atoms with van der Waals surface area (Å²) in [5.41, 5.74) is 1.77. The second-order valence-corrected chi connectivity index (χ2v) is 10.3. The third kappa shape index (κ3) is 5.55. The predicted octanol–water partition coefficient (Wildman–Crippen LogP) is 6.18. The first-order valence-electron chi connectivity index (χ1n) is 11.7. The average molecular weight is 529 g/mol. The number of piperidine rings is 1. The second-order valence-electron chi connectivity index (χ2n) is 9.42. The number of halogens is 1. The van der Waals surface area contributed by atoms with E-state index in [2.05, 4.69) is 56.9 Å². The number of rotatable bonds is 7. The Kier molecular flexibility index (Phi) is 7.48. The number of aromatic nitrogens is 2. The van der Waals surface area contributed by atoms with Crippen LogP contribution in [0.15, 0.2) is 41.1 Å². The van der Waals surface area contributed by atoms with Gasteiger partial charge in [-0.15, -0.1) is 0 Å². The molecule has 1 N–H and O–H groups in total. The van der Waals surface area contributed by atoms with E-state index < -0.39 is 0 Å². The van der Waals surface area contributed by atoms with Crippen LogP contribution in [0.3, 0.4) is 0 Å². The van der Waals surface area contributed by atoms with Gasteiger partial charge in [0.25, 0.3) is 0 Å². The van der Waals surface area contributed by atoms with Crippen LogP contribution >= 0.6 is 15.9 Å². The lowest BCUT2D eigenvalue weighted by molar-refractivity contribution is 0.0478. The molecule has 1 fully saturated rings. The molecule has 1 aliphatic heterocycles. The van der Waals surface area contributed by atoms with E-state index in [0.717, 1.165) is 58.5 Å². The molecule has 8 heteroatoms. The van der Waals surface area contributed by atoms with Crippen LogP contribution in [0.1, 0.15) is 40.5 Å². The van der Waals surface area contributed by atoms with Crippen molar-refractivity contribution in [3.8, 4) is 17.2 Å². The van der Waals surface area contributed by atoms with Crippen molar-refractivity contribution in [2.45, 2.75) is 52.2 Å². The number of anilines is 2. The quantitative estimate of drug-likeness (QED) is 0.392. The smallest absolute Gasteiger partial charge is 0.163 e. The van der Waals surface area contributed by atoms with Gasteiger partial charge in [-0.2, -0.15) is 0 Å². The highest BCUT2D eigenvalue weighted by molar-refractivity contribution is 9.10. The Bertz CT molecular complexity index is 1140. The lowest BCUT2D eigenvalue weighted by Crippen LogP contribution is -2.48. The van der Waals surface area contributed by atoms with E-state index in [9.17, 15) is 0 Å². The standard InChI is InChI=1S/C26H33BrN4O3/c1-6-33-23-15-20-19(14-24(23)34-18-9-11-31(12-10-18)26(2,3)4)25(29-16-28-20)30-21-13-17(27)7-8-22(21)32-5/h7-8,13-16,18H,6,9-12H2,1-5H3,(H,28,29,30). The molecule has 7 nitrogen and oxygen atoms in total. The first-order chi connectivity index (χ1) is 16.3. The molecule has 1 aliphatic rings. The molecule has 0 bridgehead atoms. The minimum absolute atomic E-state index is 0.140. The Labute approximate surface area is 210 Å². The largest absolute Gasteiger partial charge is 0.495 e. The molecule has 0 radical (unpaired) electrons. The molecular weight excluding hydrogens is 496 g/mol. The van der Waals surface area contributed by atoms with Crippen LogP contribution in [0.25, 0.3) is 10.9 Å². The number of likely N-dealkylation sites (tertiary alicyclic amines) is 1. The molecule has 0 saturated carbocycles. The predicted molar refractivity (Wildman–Crippen MR) is 140 cm³/mol. The number of methoxy groups -OCH3 is 1. The molecule has 1 aromatic heterocycles. The lowest BCUT2D eigenvalue weighted by atomic mass is 9.99. The van der Waals surface area contributed by atoms with Gasteiger partial charge in [0.2, 0.25) is 0 Å². The maximum Gasteiger partial charge on any atom is 0.163 e. The highest BCUT2D eigenvalue weighted by Gasteiger charge is 2.28. The Hall–Kier alpha value is -2.58. The van der Waals surface area contributed by atoms with Crippen molar-refractivity contribution in [2.75, 3.05) is 32.1 Å². The number of ether oxygens (including phenoxy) is 3. The third-order valence-corrected chi connectivity index (χ3v) is 6.59. The van der Waals surface area contributed by atoms with E-state index >= 15 is 0 Å². The molecular formula is C26H33BrN4O3. The Balaban J connectivity index is 1.65. The van der Waals surface area contributed by atoms with Crippen molar-refractivity contribution in [2.24, 2.45) is 0 Å². The molecule has 0 unspecified atom stereocenters. The highest BCUT2D eigenvalue weighted by Crippen LogP contribution is 2.38.